The molecule has 24 heavy (non-hydrogen) atoms. The highest BCUT2D eigenvalue weighted by Gasteiger charge is 2.58. The highest BCUT2D eigenvalue weighted by molar-refractivity contribution is 14.0. The first-order valence-corrected chi connectivity index (χ1v) is 8.55. The minimum atomic E-state index is -0.212. The first kappa shape index (κ1) is 21.5. The molecule has 2 aliphatic rings. The van der Waals surface area contributed by atoms with Crippen LogP contribution in [0.2, 0.25) is 0 Å². The number of methoxy groups -OCH3 is 1. The molecule has 3 N–H and O–H groups in total. The Morgan fingerprint density at radius 3 is 2.58 bits per heavy atom. The van der Waals surface area contributed by atoms with E-state index in [4.69, 9.17) is 10.5 Å². The second-order valence-electron chi connectivity index (χ2n) is 7.73. The number of nitrogens with one attached hydrogen (secondary N) is 1. The lowest BCUT2D eigenvalue weighted by Crippen LogP contribution is -2.69. The number of nitrogens with zero attached hydrogens (tertiary/aromatic N) is 2. The number of guanidine groups is 1. The van der Waals surface area contributed by atoms with Crippen molar-refractivity contribution in [3.8, 4) is 0 Å². The van der Waals surface area contributed by atoms with Gasteiger partial charge < -0.3 is 20.7 Å². The number of hydrogen-bond acceptors (Lipinski definition) is 3. The zero-order valence-electron chi connectivity index (χ0n) is 15.6. The number of piperidine rings is 1. The van der Waals surface area contributed by atoms with Gasteiger partial charge in [-0.3, -0.25) is 9.79 Å². The average molecular weight is 452 g/mol. The van der Waals surface area contributed by atoms with Crippen molar-refractivity contribution in [1.29, 1.82) is 0 Å². The number of carbonyl (C=O) groups is 1. The van der Waals surface area contributed by atoms with Crippen LogP contribution in [0.25, 0.3) is 0 Å². The summed E-state index contributed by atoms with van der Waals surface area (Å²) < 4.78 is 5.70. The average Bonchev–Trinajstić information content (AvgIpc) is 2.50. The Kier molecular flexibility index (Phi) is 7.34. The number of hydrogen-bond donors (Lipinski definition) is 2. The molecule has 1 saturated heterocycles. The van der Waals surface area contributed by atoms with Crippen LogP contribution in [0.4, 0.5) is 0 Å². The lowest BCUT2D eigenvalue weighted by atomic mass is 9.56. The van der Waals surface area contributed by atoms with E-state index in [1.54, 1.807) is 7.11 Å². The molecule has 3 atom stereocenters. The van der Waals surface area contributed by atoms with Crippen LogP contribution in [0.1, 0.15) is 46.5 Å². The lowest BCUT2D eigenvalue weighted by Gasteiger charge is -2.59. The minimum absolute atomic E-state index is 0. The quantitative estimate of drug-likeness (QED) is 0.389. The van der Waals surface area contributed by atoms with E-state index in [-0.39, 0.29) is 40.9 Å². The summed E-state index contributed by atoms with van der Waals surface area (Å²) in [5, 5.41) is 3.61. The number of primary amides is 1. The standard InChI is InChI=1S/C17H32N4O2.HI/c1-16(2)13(10-17(16,3)23-5)20-15(19-4)21-8-6-7-12(11-21)9-14(18)22;/h12-13H,6-11H2,1-5H3,(H2,18,22)(H,19,20);1H. The molecule has 0 aromatic heterocycles. The predicted octanol–water partition coefficient (Wildman–Crippen LogP) is 1.97. The van der Waals surface area contributed by atoms with Crippen LogP contribution in [0, 0.1) is 11.3 Å². The minimum Gasteiger partial charge on any atom is -0.378 e. The second-order valence-corrected chi connectivity index (χ2v) is 7.73. The molecule has 7 heteroatoms. The number of carbonyl (C=O) groups excluding carboxylic acids is 1. The van der Waals surface area contributed by atoms with Gasteiger partial charge in [0, 0.05) is 45.1 Å². The molecule has 0 spiro atoms. The van der Waals surface area contributed by atoms with Gasteiger partial charge in [0.1, 0.15) is 0 Å². The Morgan fingerprint density at radius 2 is 2.08 bits per heavy atom. The molecule has 1 aliphatic heterocycles. The fourth-order valence-corrected chi connectivity index (χ4v) is 3.88. The summed E-state index contributed by atoms with van der Waals surface area (Å²) in [6.07, 6.45) is 3.56. The lowest BCUT2D eigenvalue weighted by molar-refractivity contribution is -0.177. The van der Waals surface area contributed by atoms with Gasteiger partial charge >= 0.3 is 0 Å². The van der Waals surface area contributed by atoms with Gasteiger partial charge in [0.05, 0.1) is 5.60 Å². The molecule has 1 heterocycles. The van der Waals surface area contributed by atoms with E-state index in [9.17, 15) is 4.79 Å². The maximum atomic E-state index is 11.2. The maximum absolute atomic E-state index is 11.2. The summed E-state index contributed by atoms with van der Waals surface area (Å²) in [7, 11) is 3.60. The van der Waals surface area contributed by atoms with E-state index >= 15 is 0 Å². The molecular weight excluding hydrogens is 419 g/mol. The molecule has 0 radical (unpaired) electrons. The molecule has 0 bridgehead atoms. The monoisotopic (exact) mass is 452 g/mol. The van der Waals surface area contributed by atoms with E-state index in [1.807, 2.05) is 7.05 Å². The number of amides is 1. The van der Waals surface area contributed by atoms with E-state index < -0.39 is 0 Å². The molecule has 140 valence electrons. The van der Waals surface area contributed by atoms with E-state index in [2.05, 4.69) is 36.0 Å². The number of nitrogens with two attached hydrogens (primary N) is 1. The third-order valence-corrected chi connectivity index (χ3v) is 6.10. The van der Waals surface area contributed by atoms with Gasteiger partial charge in [0.25, 0.3) is 0 Å². The Hall–Kier alpha value is -0.570. The van der Waals surface area contributed by atoms with Crippen molar-refractivity contribution in [3.63, 3.8) is 0 Å². The van der Waals surface area contributed by atoms with E-state index in [1.165, 1.54) is 0 Å². The van der Waals surface area contributed by atoms with Gasteiger partial charge in [0.2, 0.25) is 5.91 Å². The Bertz CT molecular complexity index is 483. The van der Waals surface area contributed by atoms with Gasteiger partial charge in [0.15, 0.2) is 5.96 Å². The number of aliphatic imine (C=N–C) groups is 1. The molecule has 2 fully saturated rings. The van der Waals surface area contributed by atoms with Crippen molar-refractivity contribution >= 4 is 35.8 Å². The normalized spacial score (nSPS) is 32.5. The first-order chi connectivity index (χ1) is 10.7. The van der Waals surface area contributed by atoms with Crippen LogP contribution in [-0.2, 0) is 9.53 Å². The maximum Gasteiger partial charge on any atom is 0.217 e. The van der Waals surface area contributed by atoms with Crippen molar-refractivity contribution < 1.29 is 9.53 Å². The third kappa shape index (κ3) is 4.15. The van der Waals surface area contributed by atoms with Crippen LogP contribution in [0.15, 0.2) is 4.99 Å². The van der Waals surface area contributed by atoms with Crippen LogP contribution in [-0.4, -0.2) is 55.7 Å². The number of halogens is 1. The molecular formula is C17H33IN4O2. The van der Waals surface area contributed by atoms with Crippen molar-refractivity contribution in [3.05, 3.63) is 0 Å². The molecule has 3 unspecified atom stereocenters. The number of rotatable bonds is 4. The summed E-state index contributed by atoms with van der Waals surface area (Å²) >= 11 is 0. The van der Waals surface area contributed by atoms with Crippen molar-refractivity contribution in [2.45, 2.75) is 58.1 Å². The Balaban J connectivity index is 0.00000288. The summed E-state index contributed by atoms with van der Waals surface area (Å²) in [6, 6.07) is 0.336. The molecule has 1 amide bonds. The molecule has 0 aromatic carbocycles. The summed E-state index contributed by atoms with van der Waals surface area (Å²) in [6.45, 7) is 8.45. The smallest absolute Gasteiger partial charge is 0.217 e. The zero-order chi connectivity index (χ0) is 17.3. The fourth-order valence-electron chi connectivity index (χ4n) is 3.88. The topological polar surface area (TPSA) is 80.0 Å². The van der Waals surface area contributed by atoms with Crippen LogP contribution in [0.5, 0.6) is 0 Å². The largest absolute Gasteiger partial charge is 0.378 e. The molecule has 0 aromatic rings. The highest BCUT2D eigenvalue weighted by atomic mass is 127. The van der Waals surface area contributed by atoms with Crippen molar-refractivity contribution in [2.75, 3.05) is 27.2 Å². The van der Waals surface area contributed by atoms with Gasteiger partial charge in [-0.1, -0.05) is 13.8 Å². The third-order valence-electron chi connectivity index (χ3n) is 6.10. The molecule has 2 rings (SSSR count). The predicted molar refractivity (Wildman–Crippen MR) is 108 cm³/mol. The van der Waals surface area contributed by atoms with Gasteiger partial charge in [-0.2, -0.15) is 0 Å². The molecule has 1 aliphatic carbocycles. The van der Waals surface area contributed by atoms with Gasteiger partial charge in [-0.15, -0.1) is 24.0 Å². The highest BCUT2D eigenvalue weighted by Crippen LogP contribution is 2.51. The van der Waals surface area contributed by atoms with E-state index in [0.717, 1.165) is 38.3 Å². The van der Waals surface area contributed by atoms with Crippen LogP contribution >= 0.6 is 24.0 Å². The van der Waals surface area contributed by atoms with Crippen molar-refractivity contribution in [2.24, 2.45) is 22.1 Å². The van der Waals surface area contributed by atoms with Crippen LogP contribution in [0.3, 0.4) is 0 Å². The SMILES string of the molecule is CN=C(NC1CC(C)(OC)C1(C)C)N1CCCC(CC(N)=O)C1.I. The Morgan fingerprint density at radius 1 is 1.42 bits per heavy atom. The van der Waals surface area contributed by atoms with Gasteiger partial charge in [-0.05, 0) is 32.1 Å². The molecule has 6 nitrogen and oxygen atoms in total. The summed E-state index contributed by atoms with van der Waals surface area (Å²) in [5.41, 5.74) is 5.30. The van der Waals surface area contributed by atoms with Gasteiger partial charge in [-0.25, -0.2) is 0 Å². The summed E-state index contributed by atoms with van der Waals surface area (Å²) in [4.78, 5) is 17.9. The molecule has 1 saturated carbocycles. The second kappa shape index (κ2) is 8.21. The van der Waals surface area contributed by atoms with Crippen molar-refractivity contribution in [1.82, 2.24) is 10.2 Å². The number of ether oxygens (including phenoxy) is 1. The van der Waals surface area contributed by atoms with Crippen LogP contribution < -0.4 is 11.1 Å². The fraction of sp³-hybridized carbons (Fsp3) is 0.882. The first-order valence-electron chi connectivity index (χ1n) is 8.55. The zero-order valence-corrected chi connectivity index (χ0v) is 17.9. The summed E-state index contributed by atoms with van der Waals surface area (Å²) in [5.74, 6) is 1.05. The number of likely N-dealkylation sites (tertiary alicyclic amines) is 1. The Labute approximate surface area is 163 Å². The van der Waals surface area contributed by atoms with E-state index in [0.29, 0.717) is 18.4 Å².